The highest BCUT2D eigenvalue weighted by Crippen LogP contribution is 2.29. The summed E-state index contributed by atoms with van der Waals surface area (Å²) in [6.07, 6.45) is -1.72. The van der Waals surface area contributed by atoms with Crippen LogP contribution >= 0.6 is 15.9 Å². The lowest BCUT2D eigenvalue weighted by molar-refractivity contribution is -0.274. The molecule has 0 radical (unpaired) electrons. The third kappa shape index (κ3) is 4.14. The number of phenolic OH excluding ortho intramolecular Hbond substituents is 1. The summed E-state index contributed by atoms with van der Waals surface area (Å²) >= 11 is 3.10. The lowest BCUT2D eigenvalue weighted by Crippen LogP contribution is -2.17. The molecule has 0 spiro atoms. The Balaban J connectivity index is 3.03. The van der Waals surface area contributed by atoms with Crippen LogP contribution in [0.3, 0.4) is 0 Å². The van der Waals surface area contributed by atoms with Crippen molar-refractivity contribution in [1.29, 1.82) is 0 Å². The lowest BCUT2D eigenvalue weighted by Gasteiger charge is -2.11. The topological polar surface area (TPSA) is 29.5 Å². The fourth-order valence-corrected chi connectivity index (χ4v) is 1.24. The van der Waals surface area contributed by atoms with Crippen molar-refractivity contribution in [2.45, 2.75) is 6.36 Å². The van der Waals surface area contributed by atoms with Crippen LogP contribution in [0.15, 0.2) is 24.3 Å². The van der Waals surface area contributed by atoms with Crippen LogP contribution in [-0.4, -0.2) is 16.8 Å². The quantitative estimate of drug-likeness (QED) is 0.862. The van der Waals surface area contributed by atoms with Gasteiger partial charge in [-0.25, -0.2) is 0 Å². The summed E-state index contributed by atoms with van der Waals surface area (Å²) in [6.45, 7) is 0. The largest absolute Gasteiger partial charge is 0.573 e. The van der Waals surface area contributed by atoms with Crippen LogP contribution in [0.5, 0.6) is 11.5 Å². The highest BCUT2D eigenvalue weighted by molar-refractivity contribution is 9.09. The minimum Gasteiger partial charge on any atom is -0.508 e. The van der Waals surface area contributed by atoms with Gasteiger partial charge in [0.05, 0.1) is 0 Å². The number of hydrogen-bond acceptors (Lipinski definition) is 2. The molecular formula is C10H8BrF3O2. The molecular weight excluding hydrogens is 289 g/mol. The molecule has 2 nitrogen and oxygen atoms in total. The van der Waals surface area contributed by atoms with Gasteiger partial charge in [0.1, 0.15) is 11.5 Å². The van der Waals surface area contributed by atoms with Crippen molar-refractivity contribution in [3.8, 4) is 11.5 Å². The first-order chi connectivity index (χ1) is 7.42. The monoisotopic (exact) mass is 296 g/mol. The number of ether oxygens (including phenoxy) is 1. The van der Waals surface area contributed by atoms with Gasteiger partial charge in [-0.3, -0.25) is 0 Å². The van der Waals surface area contributed by atoms with Gasteiger partial charge in [0, 0.05) is 10.9 Å². The van der Waals surface area contributed by atoms with E-state index in [0.717, 1.165) is 12.1 Å². The Hall–Kier alpha value is -1.17. The molecule has 0 aliphatic carbocycles. The molecule has 1 aromatic carbocycles. The van der Waals surface area contributed by atoms with E-state index in [1.54, 1.807) is 6.08 Å². The maximum atomic E-state index is 12.0. The van der Waals surface area contributed by atoms with Gasteiger partial charge < -0.3 is 9.84 Å². The number of aromatic hydroxyl groups is 1. The molecule has 88 valence electrons. The summed E-state index contributed by atoms with van der Waals surface area (Å²) < 4.78 is 39.9. The van der Waals surface area contributed by atoms with E-state index in [-0.39, 0.29) is 17.1 Å². The molecule has 0 aromatic heterocycles. The van der Waals surface area contributed by atoms with Crippen LogP contribution < -0.4 is 4.74 Å². The zero-order valence-corrected chi connectivity index (χ0v) is 9.55. The number of benzene rings is 1. The Bertz CT molecular complexity index is 388. The fourth-order valence-electron chi connectivity index (χ4n) is 1.06. The van der Waals surface area contributed by atoms with Crippen molar-refractivity contribution in [1.82, 2.24) is 0 Å². The third-order valence-corrected chi connectivity index (χ3v) is 1.98. The molecule has 1 rings (SSSR count). The maximum Gasteiger partial charge on any atom is 0.573 e. The smallest absolute Gasteiger partial charge is 0.508 e. The fraction of sp³-hybridized carbons (Fsp3) is 0.200. The van der Waals surface area contributed by atoms with Crippen molar-refractivity contribution < 1.29 is 23.0 Å². The van der Waals surface area contributed by atoms with E-state index < -0.39 is 6.36 Å². The van der Waals surface area contributed by atoms with E-state index in [2.05, 4.69) is 20.7 Å². The Kier molecular flexibility index (Phi) is 4.23. The summed E-state index contributed by atoms with van der Waals surface area (Å²) in [6, 6.07) is 3.39. The van der Waals surface area contributed by atoms with E-state index >= 15 is 0 Å². The standard InChI is InChI=1S/C10H8BrF3O2/c11-5-1-2-7-6-8(15)3-4-9(7)16-10(12,13)14/h1-4,6,15H,5H2. The van der Waals surface area contributed by atoms with Crippen LogP contribution in [0.1, 0.15) is 5.56 Å². The minimum atomic E-state index is -4.74. The average Bonchev–Trinajstić information content (AvgIpc) is 2.16. The molecule has 0 amide bonds. The summed E-state index contributed by atoms with van der Waals surface area (Å²) in [5.41, 5.74) is 0.164. The first kappa shape index (κ1) is 12.9. The molecule has 16 heavy (non-hydrogen) atoms. The number of rotatable bonds is 3. The molecule has 1 aromatic rings. The summed E-state index contributed by atoms with van der Waals surface area (Å²) in [4.78, 5) is 0. The molecule has 0 atom stereocenters. The van der Waals surface area contributed by atoms with Gasteiger partial charge in [-0.15, -0.1) is 13.2 Å². The number of hydrogen-bond donors (Lipinski definition) is 1. The second-order valence-corrected chi connectivity index (χ2v) is 3.47. The summed E-state index contributed by atoms with van der Waals surface area (Å²) in [5, 5.41) is 9.65. The molecule has 0 aliphatic rings. The molecule has 0 bridgehead atoms. The van der Waals surface area contributed by atoms with Crippen molar-refractivity contribution in [3.63, 3.8) is 0 Å². The summed E-state index contributed by atoms with van der Waals surface area (Å²) in [7, 11) is 0. The molecule has 0 fully saturated rings. The van der Waals surface area contributed by atoms with Crippen molar-refractivity contribution in [2.24, 2.45) is 0 Å². The second kappa shape index (κ2) is 5.25. The first-order valence-corrected chi connectivity index (χ1v) is 5.36. The van der Waals surface area contributed by atoms with Crippen LogP contribution in [0.4, 0.5) is 13.2 Å². The van der Waals surface area contributed by atoms with Crippen molar-refractivity contribution in [3.05, 3.63) is 29.8 Å². The highest BCUT2D eigenvalue weighted by Gasteiger charge is 2.31. The van der Waals surface area contributed by atoms with E-state index in [1.807, 2.05) is 0 Å². The maximum absolute atomic E-state index is 12.0. The molecule has 0 saturated carbocycles. The second-order valence-electron chi connectivity index (χ2n) is 2.83. The molecule has 0 aliphatic heterocycles. The number of alkyl halides is 4. The van der Waals surface area contributed by atoms with Gasteiger partial charge in [0.2, 0.25) is 0 Å². The predicted octanol–water partition coefficient (Wildman–Crippen LogP) is 3.70. The molecule has 0 heterocycles. The van der Waals surface area contributed by atoms with E-state index in [9.17, 15) is 13.2 Å². The zero-order chi connectivity index (χ0) is 12.2. The Morgan fingerprint density at radius 1 is 1.38 bits per heavy atom. The van der Waals surface area contributed by atoms with E-state index in [4.69, 9.17) is 5.11 Å². The van der Waals surface area contributed by atoms with Crippen molar-refractivity contribution >= 4 is 22.0 Å². The van der Waals surface area contributed by atoms with Gasteiger partial charge in [-0.05, 0) is 18.2 Å². The Labute approximate surface area is 98.5 Å². The first-order valence-electron chi connectivity index (χ1n) is 4.23. The molecule has 0 unspecified atom stereocenters. The lowest BCUT2D eigenvalue weighted by atomic mass is 10.2. The van der Waals surface area contributed by atoms with E-state index in [0.29, 0.717) is 5.33 Å². The van der Waals surface area contributed by atoms with Gasteiger partial charge in [0.15, 0.2) is 0 Å². The molecule has 6 heteroatoms. The van der Waals surface area contributed by atoms with Gasteiger partial charge in [-0.1, -0.05) is 28.1 Å². The zero-order valence-electron chi connectivity index (χ0n) is 7.96. The van der Waals surface area contributed by atoms with E-state index in [1.165, 1.54) is 12.1 Å². The Morgan fingerprint density at radius 3 is 2.62 bits per heavy atom. The SMILES string of the molecule is Oc1ccc(OC(F)(F)F)c(C=CCBr)c1. The van der Waals surface area contributed by atoms with Crippen LogP contribution in [0, 0.1) is 0 Å². The number of phenols is 1. The van der Waals surface area contributed by atoms with Crippen molar-refractivity contribution in [2.75, 3.05) is 5.33 Å². The van der Waals surface area contributed by atoms with Gasteiger partial charge in [-0.2, -0.15) is 0 Å². The minimum absolute atomic E-state index is 0.122. The average molecular weight is 297 g/mol. The number of allylic oxidation sites excluding steroid dienone is 1. The Morgan fingerprint density at radius 2 is 2.06 bits per heavy atom. The van der Waals surface area contributed by atoms with Crippen LogP contribution in [0.2, 0.25) is 0 Å². The van der Waals surface area contributed by atoms with Crippen LogP contribution in [0.25, 0.3) is 6.08 Å². The third-order valence-electron chi connectivity index (χ3n) is 1.61. The number of halogens is 4. The van der Waals surface area contributed by atoms with Crippen LogP contribution in [-0.2, 0) is 0 Å². The van der Waals surface area contributed by atoms with Gasteiger partial charge >= 0.3 is 6.36 Å². The summed E-state index contributed by atoms with van der Waals surface area (Å²) in [5.74, 6) is -0.466. The normalized spacial score (nSPS) is 12.0. The highest BCUT2D eigenvalue weighted by atomic mass is 79.9. The molecule has 0 saturated heterocycles. The van der Waals surface area contributed by atoms with Gasteiger partial charge in [0.25, 0.3) is 0 Å². The molecule has 1 N–H and O–H groups in total. The predicted molar refractivity (Wildman–Crippen MR) is 57.6 cm³/mol.